The molecule has 3 aromatic rings. The van der Waals surface area contributed by atoms with Gasteiger partial charge in [-0.15, -0.1) is 0 Å². The van der Waals surface area contributed by atoms with E-state index in [4.69, 9.17) is 16.3 Å². The molecule has 0 fully saturated rings. The van der Waals surface area contributed by atoms with Gasteiger partial charge in [0.15, 0.2) is 0 Å². The lowest BCUT2D eigenvalue weighted by Crippen LogP contribution is -2.17. The maximum absolute atomic E-state index is 12.5. The van der Waals surface area contributed by atoms with Gasteiger partial charge in [-0.1, -0.05) is 41.9 Å². The number of nitro benzene ring substituents is 1. The van der Waals surface area contributed by atoms with Crippen LogP contribution in [0.5, 0.6) is 5.75 Å². The van der Waals surface area contributed by atoms with Crippen molar-refractivity contribution in [2.45, 2.75) is 0 Å². The lowest BCUT2D eigenvalue weighted by molar-refractivity contribution is -0.384. The highest BCUT2D eigenvalue weighted by Gasteiger charge is 2.19. The fourth-order valence-corrected chi connectivity index (χ4v) is 2.67. The Morgan fingerprint density at radius 3 is 2.29 bits per heavy atom. The number of halogens is 1. The van der Waals surface area contributed by atoms with Crippen molar-refractivity contribution in [3.63, 3.8) is 0 Å². The van der Waals surface area contributed by atoms with Crippen LogP contribution in [0.1, 0.15) is 20.7 Å². The molecule has 28 heavy (non-hydrogen) atoms. The summed E-state index contributed by atoms with van der Waals surface area (Å²) in [5.41, 5.74) is 0.187. The van der Waals surface area contributed by atoms with E-state index in [-0.39, 0.29) is 27.5 Å². The maximum atomic E-state index is 12.5. The smallest absolute Gasteiger partial charge is 0.345 e. The number of hydrogen-bond acceptors (Lipinski definition) is 5. The van der Waals surface area contributed by atoms with E-state index < -0.39 is 16.8 Å². The van der Waals surface area contributed by atoms with E-state index in [1.54, 1.807) is 48.5 Å². The Labute approximate surface area is 164 Å². The average Bonchev–Trinajstić information content (AvgIpc) is 2.68. The van der Waals surface area contributed by atoms with E-state index in [0.717, 1.165) is 6.07 Å². The van der Waals surface area contributed by atoms with Crippen molar-refractivity contribution in [2.24, 2.45) is 0 Å². The Kier molecular flexibility index (Phi) is 5.67. The molecule has 1 N–H and O–H groups in total. The third-order valence-electron chi connectivity index (χ3n) is 3.76. The Bertz CT molecular complexity index is 1050. The van der Waals surface area contributed by atoms with Gasteiger partial charge in [-0.05, 0) is 30.3 Å². The zero-order chi connectivity index (χ0) is 20.1. The van der Waals surface area contributed by atoms with Crippen molar-refractivity contribution in [1.82, 2.24) is 0 Å². The Hall–Kier alpha value is -3.71. The fourth-order valence-electron chi connectivity index (χ4n) is 2.41. The van der Waals surface area contributed by atoms with E-state index >= 15 is 0 Å². The van der Waals surface area contributed by atoms with E-state index in [9.17, 15) is 19.7 Å². The standard InChI is InChI=1S/C20H13ClN2O5/c21-17-12-13(23(26)27)10-11-15(17)19(24)22-18-9-5-4-8-16(18)20(25)28-14-6-2-1-3-7-14/h1-12H,(H,22,24). The van der Waals surface area contributed by atoms with Crippen LogP contribution in [-0.4, -0.2) is 16.8 Å². The number of rotatable bonds is 5. The molecule has 0 saturated carbocycles. The molecule has 0 aliphatic rings. The molecule has 0 heterocycles. The number of non-ortho nitro benzene ring substituents is 1. The number of nitro groups is 1. The van der Waals surface area contributed by atoms with Crippen LogP contribution in [0, 0.1) is 10.1 Å². The van der Waals surface area contributed by atoms with Crippen molar-refractivity contribution in [2.75, 3.05) is 5.32 Å². The van der Waals surface area contributed by atoms with Gasteiger partial charge in [0, 0.05) is 12.1 Å². The normalized spacial score (nSPS) is 10.2. The van der Waals surface area contributed by atoms with Gasteiger partial charge in [0.1, 0.15) is 5.75 Å². The summed E-state index contributed by atoms with van der Waals surface area (Å²) in [7, 11) is 0. The molecule has 7 nitrogen and oxygen atoms in total. The Morgan fingerprint density at radius 1 is 0.929 bits per heavy atom. The summed E-state index contributed by atoms with van der Waals surface area (Å²) in [5, 5.41) is 13.3. The average molecular weight is 397 g/mol. The van der Waals surface area contributed by atoms with Gasteiger partial charge in [-0.25, -0.2) is 4.79 Å². The molecule has 3 aromatic carbocycles. The SMILES string of the molecule is O=C(Nc1ccccc1C(=O)Oc1ccccc1)c1ccc([N+](=O)[O-])cc1Cl. The lowest BCUT2D eigenvalue weighted by atomic mass is 10.1. The minimum Gasteiger partial charge on any atom is -0.423 e. The molecule has 0 spiro atoms. The second-order valence-corrected chi connectivity index (χ2v) is 6.03. The topological polar surface area (TPSA) is 98.5 Å². The third kappa shape index (κ3) is 4.33. The number of benzene rings is 3. The second kappa shape index (κ2) is 8.32. The van der Waals surface area contributed by atoms with E-state index in [0.29, 0.717) is 5.75 Å². The van der Waals surface area contributed by atoms with Gasteiger partial charge in [-0.3, -0.25) is 14.9 Å². The molecule has 0 aliphatic carbocycles. The molecule has 3 rings (SSSR count). The maximum Gasteiger partial charge on any atom is 0.345 e. The summed E-state index contributed by atoms with van der Waals surface area (Å²) in [6, 6.07) is 18.4. The first kappa shape index (κ1) is 19.1. The summed E-state index contributed by atoms with van der Waals surface area (Å²) < 4.78 is 5.30. The van der Waals surface area contributed by atoms with Crippen LogP contribution in [0.4, 0.5) is 11.4 Å². The molecule has 1 amide bonds. The molecular weight excluding hydrogens is 384 g/mol. The molecular formula is C20H13ClN2O5. The quantitative estimate of drug-likeness (QED) is 0.291. The van der Waals surface area contributed by atoms with Gasteiger partial charge in [0.2, 0.25) is 0 Å². The van der Waals surface area contributed by atoms with E-state index in [1.807, 2.05) is 0 Å². The van der Waals surface area contributed by atoms with Crippen LogP contribution in [-0.2, 0) is 0 Å². The zero-order valence-corrected chi connectivity index (χ0v) is 15.1. The summed E-state index contributed by atoms with van der Waals surface area (Å²) >= 11 is 5.99. The second-order valence-electron chi connectivity index (χ2n) is 5.62. The van der Waals surface area contributed by atoms with Crippen molar-refractivity contribution in [3.05, 3.63) is 99.1 Å². The number of nitrogens with zero attached hydrogens (tertiary/aromatic N) is 1. The molecule has 0 aliphatic heterocycles. The van der Waals surface area contributed by atoms with Gasteiger partial charge in [0.25, 0.3) is 11.6 Å². The Balaban J connectivity index is 1.82. The number of carbonyl (C=O) groups excluding carboxylic acids is 2. The van der Waals surface area contributed by atoms with Crippen LogP contribution in [0.2, 0.25) is 5.02 Å². The number of anilines is 1. The third-order valence-corrected chi connectivity index (χ3v) is 4.07. The molecule has 0 atom stereocenters. The van der Waals surface area contributed by atoms with Crippen LogP contribution in [0.3, 0.4) is 0 Å². The molecule has 0 bridgehead atoms. The number of amides is 1. The van der Waals surface area contributed by atoms with Crippen molar-refractivity contribution >= 4 is 34.9 Å². The van der Waals surface area contributed by atoms with Gasteiger partial charge in [0.05, 0.1) is 26.8 Å². The molecule has 0 radical (unpaired) electrons. The number of ether oxygens (including phenoxy) is 1. The number of para-hydroxylation sites is 2. The monoisotopic (exact) mass is 396 g/mol. The molecule has 0 aromatic heterocycles. The van der Waals surface area contributed by atoms with Crippen molar-refractivity contribution in [3.8, 4) is 5.75 Å². The number of nitrogens with one attached hydrogen (secondary N) is 1. The van der Waals surface area contributed by atoms with E-state index in [1.165, 1.54) is 18.2 Å². The summed E-state index contributed by atoms with van der Waals surface area (Å²) in [4.78, 5) is 35.2. The van der Waals surface area contributed by atoms with Gasteiger partial charge >= 0.3 is 5.97 Å². The largest absolute Gasteiger partial charge is 0.423 e. The van der Waals surface area contributed by atoms with Gasteiger partial charge in [-0.2, -0.15) is 0 Å². The summed E-state index contributed by atoms with van der Waals surface area (Å²) in [6.45, 7) is 0. The minimum absolute atomic E-state index is 0.0403. The zero-order valence-electron chi connectivity index (χ0n) is 14.3. The highest BCUT2D eigenvalue weighted by molar-refractivity contribution is 6.34. The highest BCUT2D eigenvalue weighted by Crippen LogP contribution is 2.25. The van der Waals surface area contributed by atoms with Crippen LogP contribution >= 0.6 is 11.6 Å². The molecule has 0 saturated heterocycles. The first-order chi connectivity index (χ1) is 13.5. The van der Waals surface area contributed by atoms with Crippen molar-refractivity contribution < 1.29 is 19.2 Å². The van der Waals surface area contributed by atoms with Gasteiger partial charge < -0.3 is 10.1 Å². The van der Waals surface area contributed by atoms with Crippen LogP contribution < -0.4 is 10.1 Å². The Morgan fingerprint density at radius 2 is 1.61 bits per heavy atom. The summed E-state index contributed by atoms with van der Waals surface area (Å²) in [6.07, 6.45) is 0. The lowest BCUT2D eigenvalue weighted by Gasteiger charge is -2.11. The molecule has 8 heteroatoms. The molecule has 0 unspecified atom stereocenters. The number of carbonyl (C=O) groups is 2. The predicted octanol–water partition coefficient (Wildman–Crippen LogP) is 4.72. The first-order valence-corrected chi connectivity index (χ1v) is 8.45. The van der Waals surface area contributed by atoms with Crippen LogP contribution in [0.15, 0.2) is 72.8 Å². The minimum atomic E-state index is -0.642. The van der Waals surface area contributed by atoms with E-state index in [2.05, 4.69) is 5.32 Å². The first-order valence-electron chi connectivity index (χ1n) is 8.07. The van der Waals surface area contributed by atoms with Crippen molar-refractivity contribution in [1.29, 1.82) is 0 Å². The fraction of sp³-hybridized carbons (Fsp3) is 0. The summed E-state index contributed by atoms with van der Waals surface area (Å²) in [5.74, 6) is -0.885. The number of esters is 1. The van der Waals surface area contributed by atoms with Crippen LogP contribution in [0.25, 0.3) is 0 Å². The highest BCUT2D eigenvalue weighted by atomic mass is 35.5. The number of hydrogen-bond donors (Lipinski definition) is 1. The predicted molar refractivity (Wildman–Crippen MR) is 104 cm³/mol. The molecule has 140 valence electrons.